The molecule has 3 aliphatic rings. The molecule has 2 aliphatic heterocycles. The number of fused-ring (bicyclic) bond motifs is 8. The van der Waals surface area contributed by atoms with Crippen LogP contribution in [-0.2, 0) is 25.5 Å². The molecule has 3 aromatic heterocycles. The number of carbonyl (C=O) groups is 4. The molecule has 10 nitrogen and oxygen atoms in total. The standard InChI is InChI=1S/C36H35N4O6.Mg/c1-8-19-16(3)23-12-24-17(4)21(10-11-29(42)45-6)33(39-24)31-32(36(44)46-7)35(43)30-18(5)25(40-34(30)31)13-27-20(9-2)22(15-41)28(38-27)14-26(19)37-23;/h8,12-15,21,32-33H,1,9-11H2,2-7H3,(H-,37,38,41,43);/q-3;+2/p-1/b23-12-;/t21-,32+,33?;/m0./s1. The van der Waals surface area contributed by atoms with Gasteiger partial charge >= 0.3 is 35.0 Å². The van der Waals surface area contributed by atoms with Crippen LogP contribution in [0.2, 0.25) is 0 Å². The summed E-state index contributed by atoms with van der Waals surface area (Å²) in [5.74, 6) is -3.01. The number of nitrogens with zero attached hydrogens (tertiary/aromatic N) is 4. The Morgan fingerprint density at radius 2 is 1.64 bits per heavy atom. The summed E-state index contributed by atoms with van der Waals surface area (Å²) in [6.07, 6.45) is 9.03. The van der Waals surface area contributed by atoms with E-state index in [9.17, 15) is 19.2 Å². The predicted molar refractivity (Wildman–Crippen MR) is 177 cm³/mol. The van der Waals surface area contributed by atoms with Crippen LogP contribution in [0, 0.1) is 25.7 Å². The fraction of sp³-hybridized carbons (Fsp3) is 0.333. The average Bonchev–Trinajstić information content (AvgIpc) is 3.79. The van der Waals surface area contributed by atoms with Crippen molar-refractivity contribution in [3.05, 3.63) is 89.3 Å². The van der Waals surface area contributed by atoms with Crippen molar-refractivity contribution in [3.8, 4) is 0 Å². The first-order valence-electron chi connectivity index (χ1n) is 15.2. The molecule has 11 heteroatoms. The summed E-state index contributed by atoms with van der Waals surface area (Å²) in [7, 11) is 2.59. The van der Waals surface area contributed by atoms with Crippen molar-refractivity contribution in [1.82, 2.24) is 15.0 Å². The number of hydrogen-bond acceptors (Lipinski definition) is 6. The van der Waals surface area contributed by atoms with Gasteiger partial charge in [0.1, 0.15) is 12.2 Å². The third-order valence-electron chi connectivity index (χ3n) is 9.54. The summed E-state index contributed by atoms with van der Waals surface area (Å²) < 4.78 is 10.1. The van der Waals surface area contributed by atoms with E-state index in [-0.39, 0.29) is 41.4 Å². The number of allylic oxidation sites excluding steroid dienone is 1. The molecule has 0 amide bonds. The van der Waals surface area contributed by atoms with Gasteiger partial charge in [0, 0.05) is 17.5 Å². The number of Topliss-reactive ketones (excluding diaryl/α,β-unsaturated/α-hetero) is 1. The zero-order valence-corrected chi connectivity index (χ0v) is 28.8. The van der Waals surface area contributed by atoms with Crippen LogP contribution >= 0.6 is 0 Å². The fourth-order valence-electron chi connectivity index (χ4n) is 7.04. The van der Waals surface area contributed by atoms with Crippen LogP contribution in [0.1, 0.15) is 81.0 Å². The van der Waals surface area contributed by atoms with Crippen molar-refractivity contribution in [1.29, 1.82) is 0 Å². The Labute approximate surface area is 287 Å². The minimum atomic E-state index is -1.22. The van der Waals surface area contributed by atoms with Gasteiger partial charge in [0.25, 0.3) is 0 Å². The Hall–Kier alpha value is -4.35. The van der Waals surface area contributed by atoms with Gasteiger partial charge < -0.3 is 29.7 Å². The molecule has 0 saturated carbocycles. The molecule has 0 fully saturated rings. The molecule has 0 aromatic carbocycles. The summed E-state index contributed by atoms with van der Waals surface area (Å²) in [6, 6.07) is -0.669. The Morgan fingerprint density at radius 3 is 2.28 bits per heavy atom. The van der Waals surface area contributed by atoms with Gasteiger partial charge in [0.2, 0.25) is 0 Å². The maximum Gasteiger partial charge on any atom is 2.00 e. The van der Waals surface area contributed by atoms with Crippen LogP contribution in [-0.4, -0.2) is 67.3 Å². The summed E-state index contributed by atoms with van der Waals surface area (Å²) in [6.45, 7) is 11.6. The largest absolute Gasteiger partial charge is 2.00 e. The second-order valence-corrected chi connectivity index (χ2v) is 11.8. The van der Waals surface area contributed by atoms with E-state index < -0.39 is 23.7 Å². The third-order valence-corrected chi connectivity index (χ3v) is 9.54. The number of carbonyl (C=O) groups excluding carboxylic acids is 4. The van der Waals surface area contributed by atoms with Crippen molar-refractivity contribution in [3.63, 3.8) is 0 Å². The third kappa shape index (κ3) is 5.35. The number of rotatable bonds is 7. The van der Waals surface area contributed by atoms with Crippen molar-refractivity contribution in [2.75, 3.05) is 14.2 Å². The number of ether oxygens (including phenoxy) is 2. The Kier molecular flexibility index (Phi) is 9.43. The van der Waals surface area contributed by atoms with Gasteiger partial charge in [-0.2, -0.15) is 0 Å². The number of methoxy groups -OCH3 is 2. The first kappa shape index (κ1) is 34.0. The van der Waals surface area contributed by atoms with Gasteiger partial charge in [-0.05, 0) is 45.1 Å². The molecule has 3 atom stereocenters. The van der Waals surface area contributed by atoms with Crippen molar-refractivity contribution >= 4 is 76.9 Å². The first-order chi connectivity index (χ1) is 22.1. The van der Waals surface area contributed by atoms with Crippen LogP contribution < -0.4 is 36.3 Å². The van der Waals surface area contributed by atoms with Crippen LogP contribution in [0.4, 0.5) is 0 Å². The fourth-order valence-corrected chi connectivity index (χ4v) is 7.04. The van der Waals surface area contributed by atoms with E-state index in [0.29, 0.717) is 73.6 Å². The Balaban J connectivity index is 0.00000433. The smallest absolute Gasteiger partial charge is 0.678 e. The molecule has 238 valence electrons. The van der Waals surface area contributed by atoms with E-state index in [1.165, 1.54) is 14.2 Å². The summed E-state index contributed by atoms with van der Waals surface area (Å²) in [5, 5.41) is 7.30. The van der Waals surface area contributed by atoms with E-state index in [1.54, 1.807) is 25.2 Å². The number of hydrogen-bond donors (Lipinski definition) is 0. The van der Waals surface area contributed by atoms with Crippen molar-refractivity contribution in [2.45, 2.75) is 53.0 Å². The zero-order valence-electron chi connectivity index (χ0n) is 27.4. The Morgan fingerprint density at radius 1 is 0.936 bits per heavy atom. The number of aldehydes is 1. The van der Waals surface area contributed by atoms with Crippen LogP contribution in [0.5, 0.6) is 0 Å². The number of aromatic nitrogens is 3. The molecule has 0 saturated heterocycles. The van der Waals surface area contributed by atoms with Gasteiger partial charge in [-0.1, -0.05) is 71.7 Å². The minimum absolute atomic E-state index is 0. The minimum Gasteiger partial charge on any atom is -0.678 e. The molecule has 0 radical (unpaired) electrons. The first-order valence-corrected chi connectivity index (χ1v) is 15.2. The van der Waals surface area contributed by atoms with E-state index >= 15 is 0 Å². The van der Waals surface area contributed by atoms with Crippen LogP contribution in [0.15, 0.2) is 17.8 Å². The molecule has 47 heavy (non-hydrogen) atoms. The van der Waals surface area contributed by atoms with Crippen molar-refractivity contribution in [2.24, 2.45) is 11.8 Å². The molecule has 5 heterocycles. The van der Waals surface area contributed by atoms with E-state index in [2.05, 4.69) is 6.58 Å². The maximum atomic E-state index is 14.0. The summed E-state index contributed by atoms with van der Waals surface area (Å²) in [5.41, 5.74) is 6.86. The quantitative estimate of drug-likeness (QED) is 0.160. The SMILES string of the molecule is C=Cc1c(C)/c2[n-]/c1=C\c1[n-]c(c(CC)c1C=O)/C=c1\[n-]c3c(c1C)C(=O)[C@H](C(=O)OC)C=3C1[N-]C(=C(C)[C@@H]1CCC(=O)OC)\C=2.[Mg+2]. The molecular formula is C36H34MgN4O6-2. The van der Waals surface area contributed by atoms with Gasteiger partial charge in [0.05, 0.1) is 14.2 Å². The second-order valence-electron chi connectivity index (χ2n) is 11.8. The second kappa shape index (κ2) is 13.0. The molecule has 8 bridgehead atoms. The van der Waals surface area contributed by atoms with Crippen LogP contribution in [0.3, 0.4) is 0 Å². The monoisotopic (exact) mass is 642 g/mol. The van der Waals surface area contributed by atoms with Crippen molar-refractivity contribution < 1.29 is 28.7 Å². The van der Waals surface area contributed by atoms with Gasteiger partial charge in [-0.3, -0.25) is 19.2 Å². The maximum absolute atomic E-state index is 14.0. The molecule has 0 N–H and O–H groups in total. The van der Waals surface area contributed by atoms with E-state index in [0.717, 1.165) is 28.5 Å². The van der Waals surface area contributed by atoms with Gasteiger partial charge in [-0.15, -0.1) is 38.5 Å². The summed E-state index contributed by atoms with van der Waals surface area (Å²) in [4.78, 5) is 66.7. The van der Waals surface area contributed by atoms with Gasteiger partial charge in [-0.25, -0.2) is 0 Å². The normalized spacial score (nSPS) is 21.4. The predicted octanol–water partition coefficient (Wildman–Crippen LogP) is 0.999. The molecule has 0 spiro atoms. The zero-order chi connectivity index (χ0) is 33.0. The average molecular weight is 643 g/mol. The number of esters is 2. The number of ketones is 1. The Bertz CT molecular complexity index is 2140. The molecule has 1 aliphatic carbocycles. The van der Waals surface area contributed by atoms with E-state index in [4.69, 9.17) is 29.7 Å². The molecule has 1 unspecified atom stereocenters. The molecule has 3 aromatic rings. The topological polar surface area (TPSA) is 143 Å². The van der Waals surface area contributed by atoms with Gasteiger partial charge in [0.15, 0.2) is 5.78 Å². The van der Waals surface area contributed by atoms with E-state index in [1.807, 2.05) is 26.8 Å². The summed E-state index contributed by atoms with van der Waals surface area (Å²) >= 11 is 0. The molecule has 6 rings (SSSR count). The molecular weight excluding hydrogens is 609 g/mol. The van der Waals surface area contributed by atoms with Crippen LogP contribution in [0.25, 0.3) is 35.2 Å².